The lowest BCUT2D eigenvalue weighted by atomic mass is 9.87. The topological polar surface area (TPSA) is 70.7 Å². The first-order chi connectivity index (χ1) is 13.6. The second kappa shape index (κ2) is 10.7. The Labute approximate surface area is 175 Å². The van der Waals surface area contributed by atoms with Gasteiger partial charge in [-0.05, 0) is 43.4 Å². The number of carbonyl (C=O) groups excluding carboxylic acids is 2. The van der Waals surface area contributed by atoms with Crippen LogP contribution in [-0.2, 0) is 14.9 Å². The summed E-state index contributed by atoms with van der Waals surface area (Å²) in [7, 11) is 0. The van der Waals surface area contributed by atoms with Crippen molar-refractivity contribution < 1.29 is 14.3 Å². The molecule has 2 unspecified atom stereocenters. The van der Waals surface area contributed by atoms with E-state index in [1.165, 1.54) is 5.56 Å². The molecule has 0 aromatic heterocycles. The van der Waals surface area contributed by atoms with Crippen molar-refractivity contribution in [3.63, 3.8) is 0 Å². The number of benzene rings is 1. The summed E-state index contributed by atoms with van der Waals surface area (Å²) in [5.41, 5.74) is 1.87. The van der Waals surface area contributed by atoms with E-state index in [0.717, 1.165) is 26.1 Å². The first kappa shape index (κ1) is 23.4. The summed E-state index contributed by atoms with van der Waals surface area (Å²) in [5.74, 6) is -0.175. The van der Waals surface area contributed by atoms with E-state index in [1.807, 2.05) is 24.3 Å². The fraction of sp³-hybridized carbons (Fsp3) is 0.652. The van der Waals surface area contributed by atoms with Gasteiger partial charge in [0.2, 0.25) is 5.91 Å². The molecule has 6 nitrogen and oxygen atoms in total. The normalized spacial score (nSPS) is 20.3. The molecular weight excluding hydrogens is 366 g/mol. The summed E-state index contributed by atoms with van der Waals surface area (Å²) >= 11 is 0. The van der Waals surface area contributed by atoms with Crippen molar-refractivity contribution in [1.29, 1.82) is 0 Å². The predicted octanol–water partition coefficient (Wildman–Crippen LogP) is 2.72. The van der Waals surface area contributed by atoms with Gasteiger partial charge in [-0.2, -0.15) is 0 Å². The van der Waals surface area contributed by atoms with E-state index in [0.29, 0.717) is 18.7 Å². The minimum atomic E-state index is -0.145. The number of nitrogens with one attached hydrogen (secondary N) is 2. The molecule has 1 saturated heterocycles. The average Bonchev–Trinajstić information content (AvgIpc) is 2.64. The van der Waals surface area contributed by atoms with Gasteiger partial charge in [0.25, 0.3) is 5.91 Å². The Balaban J connectivity index is 1.60. The number of nitrogens with zero attached hydrogens (tertiary/aromatic N) is 1. The Bertz CT molecular complexity index is 657. The van der Waals surface area contributed by atoms with Gasteiger partial charge in [-0.15, -0.1) is 0 Å². The minimum absolute atomic E-state index is 0.0305. The van der Waals surface area contributed by atoms with Crippen molar-refractivity contribution in [3.8, 4) is 0 Å². The average molecular weight is 404 g/mol. The maximum absolute atomic E-state index is 12.2. The lowest BCUT2D eigenvalue weighted by molar-refractivity contribution is -0.121. The molecule has 0 bridgehead atoms. The molecule has 0 spiro atoms. The number of morpholine rings is 1. The van der Waals surface area contributed by atoms with Crippen LogP contribution in [0.25, 0.3) is 0 Å². The number of carbonyl (C=O) groups is 2. The van der Waals surface area contributed by atoms with Crippen molar-refractivity contribution in [2.24, 2.45) is 0 Å². The van der Waals surface area contributed by atoms with Crippen LogP contribution < -0.4 is 10.6 Å². The van der Waals surface area contributed by atoms with Crippen LogP contribution in [0.4, 0.5) is 0 Å². The second-order valence-electron chi connectivity index (χ2n) is 9.05. The largest absolute Gasteiger partial charge is 0.373 e. The number of hydrogen-bond donors (Lipinski definition) is 2. The van der Waals surface area contributed by atoms with E-state index in [-0.39, 0.29) is 35.9 Å². The summed E-state index contributed by atoms with van der Waals surface area (Å²) in [4.78, 5) is 26.6. The first-order valence-electron chi connectivity index (χ1n) is 10.7. The van der Waals surface area contributed by atoms with E-state index in [1.54, 1.807) is 0 Å². The fourth-order valence-corrected chi connectivity index (χ4v) is 3.60. The molecule has 2 amide bonds. The highest BCUT2D eigenvalue weighted by Crippen LogP contribution is 2.22. The molecule has 1 fully saturated rings. The number of amides is 2. The molecule has 2 atom stereocenters. The molecule has 1 aliphatic rings. The molecule has 6 heteroatoms. The van der Waals surface area contributed by atoms with Crippen molar-refractivity contribution in [3.05, 3.63) is 35.4 Å². The smallest absolute Gasteiger partial charge is 0.251 e. The zero-order chi connectivity index (χ0) is 21.4. The Morgan fingerprint density at radius 2 is 1.66 bits per heavy atom. The van der Waals surface area contributed by atoms with Gasteiger partial charge >= 0.3 is 0 Å². The number of rotatable bonds is 8. The van der Waals surface area contributed by atoms with Crippen molar-refractivity contribution in [2.75, 3.05) is 32.7 Å². The van der Waals surface area contributed by atoms with Crippen LogP contribution in [0, 0.1) is 0 Å². The van der Waals surface area contributed by atoms with Crippen molar-refractivity contribution >= 4 is 11.8 Å². The van der Waals surface area contributed by atoms with Gasteiger partial charge in [0, 0.05) is 44.7 Å². The molecule has 1 aromatic rings. The molecule has 0 radical (unpaired) electrons. The fourth-order valence-electron chi connectivity index (χ4n) is 3.60. The Morgan fingerprint density at radius 1 is 1.03 bits per heavy atom. The summed E-state index contributed by atoms with van der Waals surface area (Å²) < 4.78 is 5.73. The maximum Gasteiger partial charge on any atom is 0.251 e. The van der Waals surface area contributed by atoms with Crippen LogP contribution in [0.15, 0.2) is 24.3 Å². The van der Waals surface area contributed by atoms with Crippen LogP contribution in [0.1, 0.15) is 63.4 Å². The highest BCUT2D eigenvalue weighted by molar-refractivity contribution is 5.94. The molecule has 2 N–H and O–H groups in total. The Morgan fingerprint density at radius 3 is 2.24 bits per heavy atom. The van der Waals surface area contributed by atoms with E-state index in [2.05, 4.69) is 50.2 Å². The Hall–Kier alpha value is -1.92. The van der Waals surface area contributed by atoms with Gasteiger partial charge in [0.1, 0.15) is 0 Å². The monoisotopic (exact) mass is 403 g/mol. The molecule has 0 aliphatic carbocycles. The van der Waals surface area contributed by atoms with Gasteiger partial charge in [-0.1, -0.05) is 32.9 Å². The molecular formula is C23H37N3O3. The van der Waals surface area contributed by atoms with Gasteiger partial charge in [0.15, 0.2) is 0 Å². The highest BCUT2D eigenvalue weighted by Gasteiger charge is 2.21. The third-order valence-electron chi connectivity index (χ3n) is 5.12. The van der Waals surface area contributed by atoms with Gasteiger partial charge in [0.05, 0.1) is 12.2 Å². The summed E-state index contributed by atoms with van der Waals surface area (Å²) in [6.45, 7) is 14.5. The zero-order valence-corrected chi connectivity index (χ0v) is 18.6. The van der Waals surface area contributed by atoms with E-state index >= 15 is 0 Å². The summed E-state index contributed by atoms with van der Waals surface area (Å²) in [6.07, 6.45) is 1.73. The van der Waals surface area contributed by atoms with Crippen LogP contribution in [0.2, 0.25) is 0 Å². The van der Waals surface area contributed by atoms with E-state index in [9.17, 15) is 9.59 Å². The maximum atomic E-state index is 12.2. The third kappa shape index (κ3) is 8.15. The third-order valence-corrected chi connectivity index (χ3v) is 5.12. The molecule has 162 valence electrons. The first-order valence-corrected chi connectivity index (χ1v) is 10.7. The lowest BCUT2D eigenvalue weighted by Gasteiger charge is -2.35. The van der Waals surface area contributed by atoms with Gasteiger partial charge in [-0.25, -0.2) is 0 Å². The van der Waals surface area contributed by atoms with Crippen LogP contribution in [-0.4, -0.2) is 61.6 Å². The van der Waals surface area contributed by atoms with E-state index in [4.69, 9.17) is 4.74 Å². The molecule has 0 saturated carbocycles. The summed E-state index contributed by atoms with van der Waals surface area (Å²) in [6, 6.07) is 7.64. The van der Waals surface area contributed by atoms with Gasteiger partial charge in [-0.3, -0.25) is 14.5 Å². The van der Waals surface area contributed by atoms with Gasteiger partial charge < -0.3 is 15.4 Å². The molecule has 29 heavy (non-hydrogen) atoms. The van der Waals surface area contributed by atoms with Crippen LogP contribution in [0.3, 0.4) is 0 Å². The lowest BCUT2D eigenvalue weighted by Crippen LogP contribution is -2.46. The van der Waals surface area contributed by atoms with Crippen LogP contribution >= 0.6 is 0 Å². The van der Waals surface area contributed by atoms with E-state index < -0.39 is 0 Å². The molecule has 1 aromatic carbocycles. The second-order valence-corrected chi connectivity index (χ2v) is 9.05. The molecule has 2 rings (SSSR count). The summed E-state index contributed by atoms with van der Waals surface area (Å²) in [5, 5.41) is 5.75. The standard InChI is InChI=1S/C23H37N3O3/c1-17-15-26(16-18(2)29-17)14-6-12-24-21(27)11-13-25-22(28)19-7-9-20(10-8-19)23(3,4)5/h7-10,17-18H,6,11-16H2,1-5H3,(H,24,27)(H,25,28). The molecule has 1 aliphatic heterocycles. The minimum Gasteiger partial charge on any atom is -0.373 e. The number of hydrogen-bond acceptors (Lipinski definition) is 4. The SMILES string of the molecule is CC1CN(CCCNC(=O)CCNC(=O)c2ccc(C(C)(C)C)cc2)CC(C)O1. The number of ether oxygens (including phenoxy) is 1. The quantitative estimate of drug-likeness (QED) is 0.655. The predicted molar refractivity (Wildman–Crippen MR) is 116 cm³/mol. The van der Waals surface area contributed by atoms with Crippen molar-refractivity contribution in [2.45, 2.75) is 65.1 Å². The Kier molecular flexibility index (Phi) is 8.65. The molecule has 1 heterocycles. The zero-order valence-electron chi connectivity index (χ0n) is 18.6. The van der Waals surface area contributed by atoms with Crippen molar-refractivity contribution in [1.82, 2.24) is 15.5 Å². The highest BCUT2D eigenvalue weighted by atomic mass is 16.5. The van der Waals surface area contributed by atoms with Crippen LogP contribution in [0.5, 0.6) is 0 Å².